The fourth-order valence-electron chi connectivity index (χ4n) is 5.28. The maximum atomic E-state index is 13.4. The molecule has 2 amide bonds. The molecule has 0 aromatic heterocycles. The summed E-state index contributed by atoms with van der Waals surface area (Å²) in [5.74, 6) is -1.60. The molecule has 4 aromatic carbocycles. The minimum atomic E-state index is -4.45. The SMILES string of the molecule is CCc1cc(CC(=O)OCC(C(=O)N(CC)CC)c2ccccc2)ccc1NC(=O)c1ccccc1-c1ccc(C(F)(F)F)cc1. The molecule has 0 spiro atoms. The number of alkyl halides is 3. The Morgan fingerprint density at radius 3 is 2.11 bits per heavy atom. The molecule has 0 fully saturated rings. The lowest BCUT2D eigenvalue weighted by Crippen LogP contribution is -2.37. The first kappa shape index (κ1) is 34.0. The molecule has 1 N–H and O–H groups in total. The molecule has 46 heavy (non-hydrogen) atoms. The zero-order valence-corrected chi connectivity index (χ0v) is 26.1. The van der Waals surface area contributed by atoms with Crippen LogP contribution in [-0.4, -0.2) is 42.4 Å². The molecular weight excluding hydrogens is 593 g/mol. The molecule has 0 aliphatic heterocycles. The molecule has 0 saturated carbocycles. The van der Waals surface area contributed by atoms with Gasteiger partial charge in [0.05, 0.1) is 17.9 Å². The van der Waals surface area contributed by atoms with Gasteiger partial charge < -0.3 is 15.0 Å². The van der Waals surface area contributed by atoms with Gasteiger partial charge in [-0.25, -0.2) is 0 Å². The van der Waals surface area contributed by atoms with Crippen molar-refractivity contribution in [2.75, 3.05) is 25.0 Å². The van der Waals surface area contributed by atoms with E-state index in [1.54, 1.807) is 41.3 Å². The number of anilines is 1. The number of likely N-dealkylation sites (N-methyl/N-ethyl adjacent to an activating group) is 1. The number of amides is 2. The van der Waals surface area contributed by atoms with E-state index in [0.29, 0.717) is 47.5 Å². The van der Waals surface area contributed by atoms with E-state index in [0.717, 1.165) is 23.3 Å². The molecule has 0 radical (unpaired) electrons. The number of benzene rings is 4. The quantitative estimate of drug-likeness (QED) is 0.161. The summed E-state index contributed by atoms with van der Waals surface area (Å²) < 4.78 is 44.8. The number of rotatable bonds is 12. The number of nitrogens with one attached hydrogen (secondary N) is 1. The lowest BCUT2D eigenvalue weighted by molar-refractivity contribution is -0.145. The van der Waals surface area contributed by atoms with Crippen molar-refractivity contribution in [3.63, 3.8) is 0 Å². The van der Waals surface area contributed by atoms with E-state index in [4.69, 9.17) is 4.74 Å². The van der Waals surface area contributed by atoms with Gasteiger partial charge >= 0.3 is 12.1 Å². The van der Waals surface area contributed by atoms with Gasteiger partial charge in [0.1, 0.15) is 6.61 Å². The summed E-state index contributed by atoms with van der Waals surface area (Å²) in [6.07, 6.45) is -3.91. The molecule has 6 nitrogen and oxygen atoms in total. The number of carbonyl (C=O) groups excluding carboxylic acids is 3. The predicted molar refractivity (Wildman–Crippen MR) is 172 cm³/mol. The van der Waals surface area contributed by atoms with Gasteiger partial charge in [0, 0.05) is 24.3 Å². The van der Waals surface area contributed by atoms with E-state index in [-0.39, 0.29) is 18.9 Å². The molecule has 9 heteroatoms. The van der Waals surface area contributed by atoms with Crippen LogP contribution in [0.5, 0.6) is 0 Å². The van der Waals surface area contributed by atoms with Crippen LogP contribution in [0.1, 0.15) is 59.3 Å². The number of ether oxygens (including phenoxy) is 1. The molecule has 0 bridgehead atoms. The second-order valence-corrected chi connectivity index (χ2v) is 10.8. The van der Waals surface area contributed by atoms with Crippen molar-refractivity contribution in [1.82, 2.24) is 4.90 Å². The molecule has 1 atom stereocenters. The fourth-order valence-corrected chi connectivity index (χ4v) is 5.28. The summed E-state index contributed by atoms with van der Waals surface area (Å²) in [5.41, 5.74) is 3.35. The van der Waals surface area contributed by atoms with Crippen molar-refractivity contribution < 1.29 is 32.3 Å². The van der Waals surface area contributed by atoms with Crippen LogP contribution in [0, 0.1) is 0 Å². The number of hydrogen-bond acceptors (Lipinski definition) is 4. The number of carbonyl (C=O) groups is 3. The zero-order valence-electron chi connectivity index (χ0n) is 26.1. The molecule has 0 aliphatic rings. The van der Waals surface area contributed by atoms with Crippen molar-refractivity contribution in [3.8, 4) is 11.1 Å². The standard InChI is InChI=1S/C37H37F3N2O4/c1-4-26-22-25(23-34(43)46-24-32(27-12-8-7-9-13-27)36(45)42(5-2)6-3)16-21-33(26)41-35(44)31-15-11-10-14-30(31)28-17-19-29(20-18-28)37(38,39)40/h7-22,32H,4-6,23-24H2,1-3H3,(H,41,44). The average molecular weight is 631 g/mol. The Bertz CT molecular complexity index is 1650. The summed E-state index contributed by atoms with van der Waals surface area (Å²) >= 11 is 0. The topological polar surface area (TPSA) is 75.7 Å². The van der Waals surface area contributed by atoms with Crippen LogP contribution >= 0.6 is 0 Å². The Labute approximate surface area is 267 Å². The monoisotopic (exact) mass is 630 g/mol. The van der Waals surface area contributed by atoms with E-state index < -0.39 is 29.5 Å². The number of hydrogen-bond donors (Lipinski definition) is 1. The Balaban J connectivity index is 1.45. The van der Waals surface area contributed by atoms with Crippen molar-refractivity contribution in [3.05, 3.63) is 125 Å². The summed E-state index contributed by atoms with van der Waals surface area (Å²) in [6.45, 7) is 6.76. The molecule has 4 aromatic rings. The van der Waals surface area contributed by atoms with Crippen LogP contribution in [-0.2, 0) is 33.3 Å². The molecule has 0 aliphatic carbocycles. The zero-order chi connectivity index (χ0) is 33.3. The van der Waals surface area contributed by atoms with E-state index in [1.807, 2.05) is 57.2 Å². The minimum Gasteiger partial charge on any atom is -0.464 e. The largest absolute Gasteiger partial charge is 0.464 e. The number of nitrogens with zero attached hydrogens (tertiary/aromatic N) is 1. The van der Waals surface area contributed by atoms with Crippen LogP contribution in [0.3, 0.4) is 0 Å². The summed E-state index contributed by atoms with van der Waals surface area (Å²) in [6, 6.07) is 25.9. The van der Waals surface area contributed by atoms with Crippen LogP contribution in [0.4, 0.5) is 18.9 Å². The highest BCUT2D eigenvalue weighted by molar-refractivity contribution is 6.09. The molecule has 240 valence electrons. The maximum absolute atomic E-state index is 13.4. The molecule has 0 heterocycles. The van der Waals surface area contributed by atoms with E-state index in [1.165, 1.54) is 12.1 Å². The second-order valence-electron chi connectivity index (χ2n) is 10.8. The molecule has 4 rings (SSSR count). The fraction of sp³-hybridized carbons (Fsp3) is 0.270. The van der Waals surface area contributed by atoms with E-state index in [2.05, 4.69) is 5.32 Å². The first-order valence-corrected chi connectivity index (χ1v) is 15.2. The Morgan fingerprint density at radius 1 is 0.826 bits per heavy atom. The van der Waals surface area contributed by atoms with Gasteiger partial charge in [-0.2, -0.15) is 13.2 Å². The number of halogens is 3. The van der Waals surface area contributed by atoms with Crippen molar-refractivity contribution in [2.45, 2.75) is 45.7 Å². The van der Waals surface area contributed by atoms with Crippen LogP contribution < -0.4 is 5.32 Å². The van der Waals surface area contributed by atoms with E-state index in [9.17, 15) is 27.6 Å². The van der Waals surface area contributed by atoms with Crippen molar-refractivity contribution >= 4 is 23.5 Å². The normalized spacial score (nSPS) is 11.9. The van der Waals surface area contributed by atoms with Gasteiger partial charge in [0.2, 0.25) is 5.91 Å². The highest BCUT2D eigenvalue weighted by Gasteiger charge is 2.30. The third-order valence-electron chi connectivity index (χ3n) is 7.83. The second kappa shape index (κ2) is 15.4. The lowest BCUT2D eigenvalue weighted by Gasteiger charge is -2.25. The summed E-state index contributed by atoms with van der Waals surface area (Å²) in [7, 11) is 0. The third kappa shape index (κ3) is 8.41. The number of aryl methyl sites for hydroxylation is 1. The maximum Gasteiger partial charge on any atom is 0.416 e. The minimum absolute atomic E-state index is 0.0149. The average Bonchev–Trinajstić information content (AvgIpc) is 3.06. The van der Waals surface area contributed by atoms with Gasteiger partial charge in [-0.05, 0) is 72.4 Å². The smallest absolute Gasteiger partial charge is 0.416 e. The van der Waals surface area contributed by atoms with Crippen LogP contribution in [0.15, 0.2) is 97.1 Å². The van der Waals surface area contributed by atoms with Crippen LogP contribution in [0.2, 0.25) is 0 Å². The highest BCUT2D eigenvalue weighted by atomic mass is 19.4. The van der Waals surface area contributed by atoms with Gasteiger partial charge in [0.25, 0.3) is 5.91 Å². The predicted octanol–water partition coefficient (Wildman–Crippen LogP) is 7.93. The van der Waals surface area contributed by atoms with Gasteiger partial charge in [-0.3, -0.25) is 14.4 Å². The Kier molecular flexibility index (Phi) is 11.4. The highest BCUT2D eigenvalue weighted by Crippen LogP contribution is 2.32. The first-order chi connectivity index (χ1) is 22.0. The third-order valence-corrected chi connectivity index (χ3v) is 7.83. The molecular formula is C37H37F3N2O4. The van der Waals surface area contributed by atoms with E-state index >= 15 is 0 Å². The van der Waals surface area contributed by atoms with Gasteiger partial charge in [-0.15, -0.1) is 0 Å². The number of esters is 1. The van der Waals surface area contributed by atoms with Gasteiger partial charge in [-0.1, -0.05) is 79.7 Å². The first-order valence-electron chi connectivity index (χ1n) is 15.2. The summed E-state index contributed by atoms with van der Waals surface area (Å²) in [4.78, 5) is 41.2. The Morgan fingerprint density at radius 2 is 1.48 bits per heavy atom. The summed E-state index contributed by atoms with van der Waals surface area (Å²) in [5, 5.41) is 2.92. The van der Waals surface area contributed by atoms with Gasteiger partial charge in [0.15, 0.2) is 0 Å². The molecule has 0 saturated heterocycles. The molecule has 1 unspecified atom stereocenters. The van der Waals surface area contributed by atoms with Crippen molar-refractivity contribution in [1.29, 1.82) is 0 Å². The van der Waals surface area contributed by atoms with Crippen LogP contribution in [0.25, 0.3) is 11.1 Å². The Hall–Kier alpha value is -4.92. The van der Waals surface area contributed by atoms with Crippen molar-refractivity contribution in [2.24, 2.45) is 0 Å². The lowest BCUT2D eigenvalue weighted by atomic mass is 9.97.